The molecule has 2 N–H and O–H groups in total. The molecule has 0 fully saturated rings. The lowest BCUT2D eigenvalue weighted by Gasteiger charge is -2.21. The van der Waals surface area contributed by atoms with Crippen molar-refractivity contribution in [2.45, 2.75) is 18.2 Å². The van der Waals surface area contributed by atoms with Gasteiger partial charge < -0.3 is 10.4 Å². The maximum atomic E-state index is 12.4. The second-order valence-electron chi connectivity index (χ2n) is 3.98. The van der Waals surface area contributed by atoms with Crippen molar-refractivity contribution >= 4 is 15.9 Å². The molecule has 19 heavy (non-hydrogen) atoms. The largest absolute Gasteiger partial charge is 0.507 e. The minimum absolute atomic E-state index is 0.188. The van der Waals surface area contributed by atoms with E-state index < -0.39 is 15.9 Å². The molecule has 0 heterocycles. The summed E-state index contributed by atoms with van der Waals surface area (Å²) in [6, 6.07) is 5.68. The first-order valence-corrected chi connectivity index (χ1v) is 7.36. The number of hydrogen-bond acceptors (Lipinski definition) is 4. The number of carbonyl (C=O) groups excluding carboxylic acids is 1. The van der Waals surface area contributed by atoms with Crippen molar-refractivity contribution in [3.05, 3.63) is 24.3 Å². The third kappa shape index (κ3) is 3.68. The fourth-order valence-corrected chi connectivity index (χ4v) is 3.16. The molecule has 0 radical (unpaired) electrons. The molecule has 0 aliphatic heterocycles. The number of aromatic hydroxyl groups is 1. The second kappa shape index (κ2) is 6.53. The first-order chi connectivity index (χ1) is 8.93. The van der Waals surface area contributed by atoms with Crippen molar-refractivity contribution in [2.24, 2.45) is 0 Å². The van der Waals surface area contributed by atoms with Crippen LogP contribution >= 0.6 is 0 Å². The Morgan fingerprint density at radius 3 is 2.53 bits per heavy atom. The van der Waals surface area contributed by atoms with Crippen molar-refractivity contribution in [2.75, 3.05) is 20.1 Å². The van der Waals surface area contributed by atoms with Gasteiger partial charge in [0.1, 0.15) is 10.6 Å². The van der Waals surface area contributed by atoms with E-state index in [1.54, 1.807) is 0 Å². The number of para-hydroxylation sites is 1. The van der Waals surface area contributed by atoms with E-state index >= 15 is 0 Å². The molecule has 0 aliphatic carbocycles. The van der Waals surface area contributed by atoms with Gasteiger partial charge in [0.05, 0.1) is 6.54 Å². The van der Waals surface area contributed by atoms with Gasteiger partial charge in [-0.3, -0.25) is 4.79 Å². The Bertz CT molecular complexity index is 542. The molecule has 1 amide bonds. The third-order valence-corrected chi connectivity index (χ3v) is 4.45. The molecule has 0 atom stereocenters. The van der Waals surface area contributed by atoms with Crippen LogP contribution in [0.15, 0.2) is 29.2 Å². The smallest absolute Gasteiger partial charge is 0.247 e. The summed E-state index contributed by atoms with van der Waals surface area (Å²) in [5.41, 5.74) is 0. The molecular formula is C12H18N2O4S. The van der Waals surface area contributed by atoms with Crippen LogP contribution in [0.25, 0.3) is 0 Å². The topological polar surface area (TPSA) is 86.7 Å². The fourth-order valence-electron chi connectivity index (χ4n) is 1.59. The molecule has 1 rings (SSSR count). The molecule has 0 saturated carbocycles. The summed E-state index contributed by atoms with van der Waals surface area (Å²) in [5, 5.41) is 12.0. The number of phenolic OH excluding ortho intramolecular Hbond substituents is 1. The van der Waals surface area contributed by atoms with Crippen LogP contribution in [0.1, 0.15) is 13.3 Å². The highest BCUT2D eigenvalue weighted by Crippen LogP contribution is 2.25. The molecule has 0 aliphatic rings. The van der Waals surface area contributed by atoms with Crippen LogP contribution in [0.3, 0.4) is 0 Å². The molecule has 7 heteroatoms. The van der Waals surface area contributed by atoms with Gasteiger partial charge in [-0.25, -0.2) is 8.42 Å². The highest BCUT2D eigenvalue weighted by molar-refractivity contribution is 7.89. The fraction of sp³-hybridized carbons (Fsp3) is 0.417. The number of nitrogens with zero attached hydrogens (tertiary/aromatic N) is 1. The average Bonchev–Trinajstić information content (AvgIpc) is 2.38. The number of benzene rings is 1. The van der Waals surface area contributed by atoms with Gasteiger partial charge in [0.15, 0.2) is 0 Å². The lowest BCUT2D eigenvalue weighted by atomic mass is 10.3. The normalized spacial score (nSPS) is 11.5. The summed E-state index contributed by atoms with van der Waals surface area (Å²) in [6.07, 6.45) is 0.573. The number of rotatable bonds is 6. The van der Waals surface area contributed by atoms with Crippen molar-refractivity contribution in [1.82, 2.24) is 9.62 Å². The first-order valence-electron chi connectivity index (χ1n) is 5.92. The highest BCUT2D eigenvalue weighted by Gasteiger charge is 2.27. The molecule has 6 nitrogen and oxygen atoms in total. The van der Waals surface area contributed by atoms with Crippen molar-refractivity contribution < 1.29 is 18.3 Å². The van der Waals surface area contributed by atoms with E-state index in [0.29, 0.717) is 6.42 Å². The predicted octanol–water partition coefficient (Wildman–Crippen LogP) is 0.539. The maximum absolute atomic E-state index is 12.4. The maximum Gasteiger partial charge on any atom is 0.247 e. The highest BCUT2D eigenvalue weighted by atomic mass is 32.2. The number of amides is 1. The van der Waals surface area contributed by atoms with Crippen LogP contribution in [0.2, 0.25) is 0 Å². The van der Waals surface area contributed by atoms with Gasteiger partial charge in [0.25, 0.3) is 0 Å². The molecule has 0 saturated heterocycles. The SMILES string of the molecule is CCCN(CC(=O)NC)S(=O)(=O)c1ccccc1O. The second-order valence-corrected chi connectivity index (χ2v) is 5.89. The van der Waals surface area contributed by atoms with E-state index in [4.69, 9.17) is 0 Å². The van der Waals surface area contributed by atoms with Crippen molar-refractivity contribution in [3.8, 4) is 5.75 Å². The minimum atomic E-state index is -3.88. The quantitative estimate of drug-likeness (QED) is 0.799. The number of nitrogens with one attached hydrogen (secondary N) is 1. The number of likely N-dealkylation sites (N-methyl/N-ethyl adjacent to an activating group) is 1. The standard InChI is InChI=1S/C12H18N2O4S/c1-3-8-14(9-12(16)13-2)19(17,18)11-7-5-4-6-10(11)15/h4-7,15H,3,8-9H2,1-2H3,(H,13,16). The Kier molecular flexibility index (Phi) is 5.31. The number of carbonyl (C=O) groups is 1. The number of hydrogen-bond donors (Lipinski definition) is 2. The summed E-state index contributed by atoms with van der Waals surface area (Å²) in [4.78, 5) is 11.2. The number of sulfonamides is 1. The van der Waals surface area contributed by atoms with E-state index in [-0.39, 0.29) is 23.7 Å². The average molecular weight is 286 g/mol. The van der Waals surface area contributed by atoms with Gasteiger partial charge >= 0.3 is 0 Å². The summed E-state index contributed by atoms with van der Waals surface area (Å²) < 4.78 is 25.8. The molecule has 0 bridgehead atoms. The minimum Gasteiger partial charge on any atom is -0.507 e. The molecule has 0 aromatic heterocycles. The molecule has 0 spiro atoms. The molecule has 0 unspecified atom stereocenters. The van der Waals surface area contributed by atoms with Crippen LogP contribution < -0.4 is 5.32 Å². The molecule has 1 aromatic carbocycles. The Morgan fingerprint density at radius 2 is 2.00 bits per heavy atom. The van der Waals surface area contributed by atoms with E-state index in [9.17, 15) is 18.3 Å². The van der Waals surface area contributed by atoms with Crippen LogP contribution in [0.5, 0.6) is 5.75 Å². The lowest BCUT2D eigenvalue weighted by Crippen LogP contribution is -2.40. The third-order valence-electron chi connectivity index (χ3n) is 2.55. The summed E-state index contributed by atoms with van der Waals surface area (Å²) in [5.74, 6) is -0.715. The summed E-state index contributed by atoms with van der Waals surface area (Å²) in [7, 11) is -2.43. The molecular weight excluding hydrogens is 268 g/mol. The van der Waals surface area contributed by atoms with Crippen LogP contribution in [-0.4, -0.2) is 43.9 Å². The van der Waals surface area contributed by atoms with Gasteiger partial charge in [-0.15, -0.1) is 0 Å². The van der Waals surface area contributed by atoms with E-state index in [1.807, 2.05) is 6.92 Å². The molecule has 106 valence electrons. The zero-order valence-corrected chi connectivity index (χ0v) is 11.8. The van der Waals surface area contributed by atoms with Gasteiger partial charge in [-0.1, -0.05) is 19.1 Å². The predicted molar refractivity (Wildman–Crippen MR) is 71.2 cm³/mol. The van der Waals surface area contributed by atoms with Crippen molar-refractivity contribution in [1.29, 1.82) is 0 Å². The Labute approximate surface area is 113 Å². The number of phenols is 1. The van der Waals surface area contributed by atoms with Gasteiger partial charge in [-0.2, -0.15) is 4.31 Å². The lowest BCUT2D eigenvalue weighted by molar-refractivity contribution is -0.120. The summed E-state index contributed by atoms with van der Waals surface area (Å²) >= 11 is 0. The van der Waals surface area contributed by atoms with E-state index in [2.05, 4.69) is 5.32 Å². The Balaban J connectivity index is 3.13. The van der Waals surface area contributed by atoms with Crippen LogP contribution in [-0.2, 0) is 14.8 Å². The molecule has 1 aromatic rings. The zero-order chi connectivity index (χ0) is 14.5. The van der Waals surface area contributed by atoms with Crippen LogP contribution in [0, 0.1) is 0 Å². The van der Waals surface area contributed by atoms with Gasteiger partial charge in [-0.05, 0) is 18.6 Å². The summed E-state index contributed by atoms with van der Waals surface area (Å²) in [6.45, 7) is 1.77. The van der Waals surface area contributed by atoms with E-state index in [1.165, 1.54) is 31.3 Å². The van der Waals surface area contributed by atoms with Crippen molar-refractivity contribution in [3.63, 3.8) is 0 Å². The first kappa shape index (κ1) is 15.5. The van der Waals surface area contributed by atoms with E-state index in [0.717, 1.165) is 4.31 Å². The Morgan fingerprint density at radius 1 is 1.37 bits per heavy atom. The van der Waals surface area contributed by atoms with Gasteiger partial charge in [0.2, 0.25) is 15.9 Å². The monoisotopic (exact) mass is 286 g/mol. The Hall–Kier alpha value is -1.60. The van der Waals surface area contributed by atoms with Crippen LogP contribution in [0.4, 0.5) is 0 Å². The van der Waals surface area contributed by atoms with Gasteiger partial charge in [0, 0.05) is 13.6 Å². The zero-order valence-electron chi connectivity index (χ0n) is 11.0.